The molecule has 0 amide bonds. The SMILES string of the molecule is OCCN(CCN1CCOCC1)Cc1noc(C2CC2)n1. The number of hydrogen-bond acceptors (Lipinski definition) is 7. The fourth-order valence-electron chi connectivity index (χ4n) is 2.55. The molecule has 7 nitrogen and oxygen atoms in total. The molecule has 0 aromatic carbocycles. The van der Waals surface area contributed by atoms with Gasteiger partial charge in [-0.1, -0.05) is 5.16 Å². The van der Waals surface area contributed by atoms with Gasteiger partial charge in [0.25, 0.3) is 0 Å². The normalized spacial score (nSPS) is 20.3. The molecule has 2 heterocycles. The Labute approximate surface area is 124 Å². The van der Waals surface area contributed by atoms with E-state index in [0.29, 0.717) is 19.0 Å². The van der Waals surface area contributed by atoms with Crippen molar-refractivity contribution in [2.45, 2.75) is 25.3 Å². The van der Waals surface area contributed by atoms with Gasteiger partial charge in [0.15, 0.2) is 5.82 Å². The van der Waals surface area contributed by atoms with Crippen LogP contribution in [0.1, 0.15) is 30.5 Å². The third-order valence-electron chi connectivity index (χ3n) is 4.03. The van der Waals surface area contributed by atoms with E-state index in [1.165, 1.54) is 12.8 Å². The molecule has 7 heteroatoms. The monoisotopic (exact) mass is 296 g/mol. The lowest BCUT2D eigenvalue weighted by Gasteiger charge is -2.29. The second kappa shape index (κ2) is 7.31. The highest BCUT2D eigenvalue weighted by Crippen LogP contribution is 2.38. The van der Waals surface area contributed by atoms with Gasteiger partial charge in [0.2, 0.25) is 5.89 Å². The molecular formula is C14H24N4O3. The maximum absolute atomic E-state index is 9.22. The summed E-state index contributed by atoms with van der Waals surface area (Å²) in [5.74, 6) is 2.00. The molecule has 1 N–H and O–H groups in total. The van der Waals surface area contributed by atoms with Crippen molar-refractivity contribution in [1.29, 1.82) is 0 Å². The van der Waals surface area contributed by atoms with E-state index in [1.54, 1.807) is 0 Å². The van der Waals surface area contributed by atoms with Crippen LogP contribution in [-0.2, 0) is 11.3 Å². The summed E-state index contributed by atoms with van der Waals surface area (Å²) in [4.78, 5) is 9.02. The molecule has 3 rings (SSSR count). The molecule has 21 heavy (non-hydrogen) atoms. The van der Waals surface area contributed by atoms with Crippen molar-refractivity contribution in [3.05, 3.63) is 11.7 Å². The molecule has 2 fully saturated rings. The summed E-state index contributed by atoms with van der Waals surface area (Å²) in [6, 6.07) is 0. The largest absolute Gasteiger partial charge is 0.395 e. The van der Waals surface area contributed by atoms with E-state index in [2.05, 4.69) is 19.9 Å². The second-order valence-corrected chi connectivity index (χ2v) is 5.78. The molecule has 0 bridgehead atoms. The van der Waals surface area contributed by atoms with Crippen molar-refractivity contribution in [1.82, 2.24) is 19.9 Å². The first-order chi connectivity index (χ1) is 10.3. The van der Waals surface area contributed by atoms with Gasteiger partial charge in [0.05, 0.1) is 26.4 Å². The molecule has 0 atom stereocenters. The van der Waals surface area contributed by atoms with Crippen LogP contribution < -0.4 is 0 Å². The third kappa shape index (κ3) is 4.47. The average Bonchev–Trinajstić information content (AvgIpc) is 3.26. The van der Waals surface area contributed by atoms with Crippen LogP contribution in [0.2, 0.25) is 0 Å². The minimum absolute atomic E-state index is 0.149. The van der Waals surface area contributed by atoms with E-state index in [-0.39, 0.29) is 6.61 Å². The zero-order valence-electron chi connectivity index (χ0n) is 12.4. The van der Waals surface area contributed by atoms with Gasteiger partial charge in [-0.05, 0) is 12.8 Å². The fourth-order valence-corrected chi connectivity index (χ4v) is 2.55. The minimum atomic E-state index is 0.149. The van der Waals surface area contributed by atoms with Crippen LogP contribution >= 0.6 is 0 Å². The van der Waals surface area contributed by atoms with Crippen LogP contribution in [0.3, 0.4) is 0 Å². The number of aromatic nitrogens is 2. The molecule has 0 spiro atoms. The van der Waals surface area contributed by atoms with Crippen molar-refractivity contribution < 1.29 is 14.4 Å². The topological polar surface area (TPSA) is 74.9 Å². The highest BCUT2D eigenvalue weighted by molar-refractivity contribution is 5.01. The molecular weight excluding hydrogens is 272 g/mol. The van der Waals surface area contributed by atoms with Crippen molar-refractivity contribution >= 4 is 0 Å². The predicted octanol–water partition coefficient (Wildman–Crippen LogP) is 0.0735. The predicted molar refractivity (Wildman–Crippen MR) is 75.9 cm³/mol. The van der Waals surface area contributed by atoms with Crippen molar-refractivity contribution in [2.24, 2.45) is 0 Å². The second-order valence-electron chi connectivity index (χ2n) is 5.78. The number of aliphatic hydroxyl groups is 1. The Morgan fingerprint density at radius 3 is 2.76 bits per heavy atom. The number of ether oxygens (including phenoxy) is 1. The number of morpholine rings is 1. The summed E-state index contributed by atoms with van der Waals surface area (Å²) in [5.41, 5.74) is 0. The highest BCUT2D eigenvalue weighted by Gasteiger charge is 2.29. The van der Waals surface area contributed by atoms with Crippen molar-refractivity contribution in [2.75, 3.05) is 52.5 Å². The van der Waals surface area contributed by atoms with E-state index >= 15 is 0 Å². The van der Waals surface area contributed by atoms with Crippen LogP contribution in [0.25, 0.3) is 0 Å². The standard InChI is InChI=1S/C14H24N4O3/c19-8-5-18(4-3-17-6-9-20-10-7-17)11-13-15-14(21-16-13)12-1-2-12/h12,19H,1-11H2. The molecule has 2 aliphatic rings. The lowest BCUT2D eigenvalue weighted by molar-refractivity contribution is 0.0318. The van der Waals surface area contributed by atoms with Crippen LogP contribution in [0.15, 0.2) is 4.52 Å². The summed E-state index contributed by atoms with van der Waals surface area (Å²) >= 11 is 0. The van der Waals surface area contributed by atoms with Gasteiger partial charge in [-0.3, -0.25) is 9.80 Å². The van der Waals surface area contributed by atoms with E-state index in [0.717, 1.165) is 51.1 Å². The third-order valence-corrected chi connectivity index (χ3v) is 4.03. The summed E-state index contributed by atoms with van der Waals surface area (Å²) in [6.45, 7) is 6.91. The number of rotatable bonds is 8. The summed E-state index contributed by atoms with van der Waals surface area (Å²) in [6.07, 6.45) is 2.33. The highest BCUT2D eigenvalue weighted by atomic mass is 16.5. The Bertz CT molecular complexity index is 430. The number of hydrogen-bond donors (Lipinski definition) is 1. The summed E-state index contributed by atoms with van der Waals surface area (Å²) in [5, 5.41) is 13.3. The van der Waals surface area contributed by atoms with E-state index < -0.39 is 0 Å². The summed E-state index contributed by atoms with van der Waals surface area (Å²) in [7, 11) is 0. The Morgan fingerprint density at radius 1 is 1.24 bits per heavy atom. The van der Waals surface area contributed by atoms with Gasteiger partial charge in [-0.25, -0.2) is 0 Å². The first kappa shape index (κ1) is 14.9. The Balaban J connectivity index is 1.47. The van der Waals surface area contributed by atoms with Crippen LogP contribution in [-0.4, -0.2) is 77.6 Å². The lowest BCUT2D eigenvalue weighted by Crippen LogP contribution is -2.42. The van der Waals surface area contributed by atoms with Crippen molar-refractivity contribution in [3.8, 4) is 0 Å². The Hall–Kier alpha value is -1.02. The van der Waals surface area contributed by atoms with Gasteiger partial charge in [-0.2, -0.15) is 4.98 Å². The van der Waals surface area contributed by atoms with Crippen molar-refractivity contribution in [3.63, 3.8) is 0 Å². The van der Waals surface area contributed by atoms with Gasteiger partial charge in [0.1, 0.15) is 0 Å². The average molecular weight is 296 g/mol. The molecule has 1 aliphatic heterocycles. The molecule has 1 aliphatic carbocycles. The zero-order valence-corrected chi connectivity index (χ0v) is 12.4. The summed E-state index contributed by atoms with van der Waals surface area (Å²) < 4.78 is 10.6. The molecule has 1 aromatic rings. The van der Waals surface area contributed by atoms with Crippen LogP contribution in [0, 0.1) is 0 Å². The van der Waals surface area contributed by atoms with Crippen LogP contribution in [0.4, 0.5) is 0 Å². The van der Waals surface area contributed by atoms with Gasteiger partial charge in [-0.15, -0.1) is 0 Å². The first-order valence-corrected chi connectivity index (χ1v) is 7.81. The first-order valence-electron chi connectivity index (χ1n) is 7.81. The zero-order chi connectivity index (χ0) is 14.5. The van der Waals surface area contributed by atoms with E-state index in [4.69, 9.17) is 9.26 Å². The fraction of sp³-hybridized carbons (Fsp3) is 0.857. The van der Waals surface area contributed by atoms with E-state index in [1.807, 2.05) is 0 Å². The molecule has 0 radical (unpaired) electrons. The molecule has 0 unspecified atom stereocenters. The Morgan fingerprint density at radius 2 is 2.05 bits per heavy atom. The van der Waals surface area contributed by atoms with Gasteiger partial charge in [0, 0.05) is 38.6 Å². The number of aliphatic hydroxyl groups excluding tert-OH is 1. The van der Waals surface area contributed by atoms with Gasteiger partial charge < -0.3 is 14.4 Å². The lowest BCUT2D eigenvalue weighted by atomic mass is 10.3. The Kier molecular flexibility index (Phi) is 5.18. The molecule has 1 aromatic heterocycles. The molecule has 1 saturated carbocycles. The molecule has 118 valence electrons. The maximum Gasteiger partial charge on any atom is 0.229 e. The minimum Gasteiger partial charge on any atom is -0.395 e. The smallest absolute Gasteiger partial charge is 0.229 e. The van der Waals surface area contributed by atoms with Gasteiger partial charge >= 0.3 is 0 Å². The maximum atomic E-state index is 9.22. The number of nitrogens with zero attached hydrogens (tertiary/aromatic N) is 4. The molecule has 1 saturated heterocycles. The quantitative estimate of drug-likeness (QED) is 0.728. The van der Waals surface area contributed by atoms with E-state index in [9.17, 15) is 5.11 Å². The van der Waals surface area contributed by atoms with Crippen LogP contribution in [0.5, 0.6) is 0 Å².